The summed E-state index contributed by atoms with van der Waals surface area (Å²) >= 11 is 1.10. The number of benzene rings is 1. The first-order valence-electron chi connectivity index (χ1n) is 9.50. The molecule has 9 heteroatoms. The highest BCUT2D eigenvalue weighted by Crippen LogP contribution is 2.29. The van der Waals surface area contributed by atoms with Gasteiger partial charge in [0.2, 0.25) is 15.9 Å². The van der Waals surface area contributed by atoms with Crippen molar-refractivity contribution < 1.29 is 18.0 Å². The molecule has 1 aromatic carbocycles. The average Bonchev–Trinajstić information content (AvgIpc) is 3.36. The van der Waals surface area contributed by atoms with Crippen LogP contribution in [0.3, 0.4) is 0 Å². The molecule has 156 valence electrons. The van der Waals surface area contributed by atoms with Gasteiger partial charge in [-0.25, -0.2) is 8.42 Å². The van der Waals surface area contributed by atoms with E-state index in [4.69, 9.17) is 0 Å². The van der Waals surface area contributed by atoms with Crippen LogP contribution in [0, 0.1) is 12.8 Å². The van der Waals surface area contributed by atoms with Crippen molar-refractivity contribution in [2.45, 2.75) is 38.5 Å². The maximum Gasteiger partial charge on any atom is 0.267 e. The molecule has 2 N–H and O–H groups in total. The highest BCUT2D eigenvalue weighted by atomic mass is 32.2. The Kier molecular flexibility index (Phi) is 6.40. The molecule has 0 unspecified atom stereocenters. The molecule has 0 spiro atoms. The third kappa shape index (κ3) is 4.68. The van der Waals surface area contributed by atoms with E-state index in [0.29, 0.717) is 24.5 Å². The second kappa shape index (κ2) is 8.64. The Hall–Kier alpha value is -2.23. The molecule has 1 aliphatic heterocycles. The molecule has 7 nitrogen and oxygen atoms in total. The topological polar surface area (TPSA) is 95.6 Å². The lowest BCUT2D eigenvalue weighted by Gasteiger charge is -2.16. The van der Waals surface area contributed by atoms with Crippen molar-refractivity contribution in [3.63, 3.8) is 0 Å². The number of carbonyl (C=O) groups excluding carboxylic acids is 2. The number of nitrogens with zero attached hydrogens (tertiary/aromatic N) is 1. The van der Waals surface area contributed by atoms with E-state index in [2.05, 4.69) is 10.6 Å². The quantitative estimate of drug-likeness (QED) is 0.723. The van der Waals surface area contributed by atoms with Crippen LogP contribution in [0.5, 0.6) is 0 Å². The Morgan fingerprint density at radius 2 is 1.79 bits per heavy atom. The molecular formula is C20H25N3O4S2. The standard InChI is InChI=1S/C20H25N3O4S2/c1-13(2)19(24)21-15-7-6-14(3)16(12-15)22-20(25)18-17(8-11-28-18)29(26,27)23-9-4-5-10-23/h6-8,11-13H,4-5,9-10H2,1-3H3,(H,21,24)(H,22,25). The summed E-state index contributed by atoms with van der Waals surface area (Å²) in [5, 5.41) is 7.21. The molecule has 1 aliphatic rings. The van der Waals surface area contributed by atoms with Crippen LogP contribution in [0.4, 0.5) is 11.4 Å². The molecule has 3 rings (SSSR count). The van der Waals surface area contributed by atoms with Crippen molar-refractivity contribution in [3.8, 4) is 0 Å². The van der Waals surface area contributed by atoms with E-state index in [9.17, 15) is 18.0 Å². The summed E-state index contributed by atoms with van der Waals surface area (Å²) in [7, 11) is -3.68. The molecule has 0 bridgehead atoms. The van der Waals surface area contributed by atoms with Crippen LogP contribution in [0.25, 0.3) is 0 Å². The van der Waals surface area contributed by atoms with Gasteiger partial charge in [-0.2, -0.15) is 4.31 Å². The van der Waals surface area contributed by atoms with Gasteiger partial charge in [0.1, 0.15) is 9.77 Å². The normalized spacial score (nSPS) is 14.9. The first kappa shape index (κ1) is 21.5. The predicted molar refractivity (Wildman–Crippen MR) is 115 cm³/mol. The van der Waals surface area contributed by atoms with Gasteiger partial charge >= 0.3 is 0 Å². The Morgan fingerprint density at radius 1 is 1.10 bits per heavy atom. The summed E-state index contributed by atoms with van der Waals surface area (Å²) < 4.78 is 27.2. The molecule has 1 fully saturated rings. The van der Waals surface area contributed by atoms with Gasteiger partial charge in [-0.3, -0.25) is 9.59 Å². The van der Waals surface area contributed by atoms with E-state index in [1.807, 2.05) is 6.92 Å². The van der Waals surface area contributed by atoms with Crippen LogP contribution >= 0.6 is 11.3 Å². The molecule has 2 amide bonds. The van der Waals surface area contributed by atoms with Crippen molar-refractivity contribution in [3.05, 3.63) is 40.1 Å². The van der Waals surface area contributed by atoms with Crippen LogP contribution in [0.15, 0.2) is 34.5 Å². The number of sulfonamides is 1. The lowest BCUT2D eigenvalue weighted by atomic mass is 10.1. The summed E-state index contributed by atoms with van der Waals surface area (Å²) in [6, 6.07) is 6.72. The van der Waals surface area contributed by atoms with Crippen molar-refractivity contribution in [2.75, 3.05) is 23.7 Å². The van der Waals surface area contributed by atoms with E-state index in [1.54, 1.807) is 37.4 Å². The Balaban J connectivity index is 1.83. The number of hydrogen-bond donors (Lipinski definition) is 2. The van der Waals surface area contributed by atoms with Gasteiger partial charge in [0.25, 0.3) is 5.91 Å². The first-order valence-corrected chi connectivity index (χ1v) is 11.8. The molecule has 0 atom stereocenters. The third-order valence-corrected chi connectivity index (χ3v) is 7.78. The van der Waals surface area contributed by atoms with Gasteiger partial charge in [0.05, 0.1) is 0 Å². The molecule has 1 saturated heterocycles. The minimum absolute atomic E-state index is 0.0452. The molecule has 0 saturated carbocycles. The van der Waals surface area contributed by atoms with E-state index >= 15 is 0 Å². The molecule has 2 heterocycles. The van der Waals surface area contributed by atoms with Crippen molar-refractivity contribution in [1.82, 2.24) is 4.31 Å². The van der Waals surface area contributed by atoms with Crippen LogP contribution in [0.1, 0.15) is 41.9 Å². The van der Waals surface area contributed by atoms with Crippen LogP contribution < -0.4 is 10.6 Å². The predicted octanol–water partition coefficient (Wildman–Crippen LogP) is 3.69. The summed E-state index contributed by atoms with van der Waals surface area (Å²) in [6.07, 6.45) is 1.66. The summed E-state index contributed by atoms with van der Waals surface area (Å²) in [5.41, 5.74) is 1.90. The lowest BCUT2D eigenvalue weighted by Crippen LogP contribution is -2.29. The molecular weight excluding hydrogens is 410 g/mol. The number of hydrogen-bond acceptors (Lipinski definition) is 5. The maximum atomic E-state index is 12.9. The van der Waals surface area contributed by atoms with E-state index in [-0.39, 0.29) is 21.6 Å². The third-order valence-electron chi connectivity index (χ3n) is 4.80. The van der Waals surface area contributed by atoms with Gasteiger partial charge < -0.3 is 10.6 Å². The number of amides is 2. The smallest absolute Gasteiger partial charge is 0.267 e. The highest BCUT2D eigenvalue weighted by molar-refractivity contribution is 7.89. The summed E-state index contributed by atoms with van der Waals surface area (Å²) in [6.45, 7) is 6.39. The maximum absolute atomic E-state index is 12.9. The van der Waals surface area contributed by atoms with Crippen molar-refractivity contribution in [2.24, 2.45) is 5.92 Å². The Bertz CT molecular complexity index is 1020. The minimum Gasteiger partial charge on any atom is -0.326 e. The fraction of sp³-hybridized carbons (Fsp3) is 0.400. The molecule has 29 heavy (non-hydrogen) atoms. The molecule has 0 aliphatic carbocycles. The summed E-state index contributed by atoms with van der Waals surface area (Å²) in [4.78, 5) is 25.0. The monoisotopic (exact) mass is 435 g/mol. The van der Waals surface area contributed by atoms with Gasteiger partial charge in [-0.15, -0.1) is 11.3 Å². The zero-order valence-corrected chi connectivity index (χ0v) is 18.3. The van der Waals surface area contributed by atoms with Gasteiger partial charge in [0, 0.05) is 30.4 Å². The van der Waals surface area contributed by atoms with E-state index in [1.165, 1.54) is 10.4 Å². The number of carbonyl (C=O) groups is 2. The number of anilines is 2. The average molecular weight is 436 g/mol. The van der Waals surface area contributed by atoms with E-state index in [0.717, 1.165) is 29.7 Å². The minimum atomic E-state index is -3.68. The van der Waals surface area contributed by atoms with Crippen LogP contribution in [-0.4, -0.2) is 37.6 Å². The second-order valence-electron chi connectivity index (χ2n) is 7.35. The van der Waals surface area contributed by atoms with Crippen LogP contribution in [-0.2, 0) is 14.8 Å². The van der Waals surface area contributed by atoms with Crippen molar-refractivity contribution in [1.29, 1.82) is 0 Å². The second-order valence-corrected chi connectivity index (χ2v) is 10.2. The SMILES string of the molecule is Cc1ccc(NC(=O)C(C)C)cc1NC(=O)c1sccc1S(=O)(=O)N1CCCC1. The van der Waals surface area contributed by atoms with Crippen LogP contribution in [0.2, 0.25) is 0 Å². The van der Waals surface area contributed by atoms with Gasteiger partial charge in [-0.05, 0) is 48.9 Å². The number of thiophene rings is 1. The highest BCUT2D eigenvalue weighted by Gasteiger charge is 2.32. The number of rotatable bonds is 6. The molecule has 1 aromatic heterocycles. The largest absolute Gasteiger partial charge is 0.326 e. The molecule has 2 aromatic rings. The van der Waals surface area contributed by atoms with Crippen molar-refractivity contribution >= 4 is 44.5 Å². The van der Waals surface area contributed by atoms with E-state index < -0.39 is 15.9 Å². The Morgan fingerprint density at radius 3 is 2.45 bits per heavy atom. The number of aryl methyl sites for hydroxylation is 1. The number of nitrogens with one attached hydrogen (secondary N) is 2. The zero-order chi connectivity index (χ0) is 21.2. The fourth-order valence-corrected chi connectivity index (χ4v) is 5.85. The van der Waals surface area contributed by atoms with Gasteiger partial charge in [-0.1, -0.05) is 19.9 Å². The fourth-order valence-electron chi connectivity index (χ4n) is 3.03. The summed E-state index contributed by atoms with van der Waals surface area (Å²) in [5.74, 6) is -0.768. The molecule has 0 radical (unpaired) electrons. The zero-order valence-electron chi connectivity index (χ0n) is 16.7. The van der Waals surface area contributed by atoms with Gasteiger partial charge in [0.15, 0.2) is 0 Å². The first-order chi connectivity index (χ1) is 13.7. The lowest BCUT2D eigenvalue weighted by molar-refractivity contribution is -0.118. The Labute approximate surface area is 175 Å².